The fraction of sp³-hybridized carbons (Fsp3) is 0.500. The second kappa shape index (κ2) is 4.90. The summed E-state index contributed by atoms with van der Waals surface area (Å²) in [5, 5.41) is 7.14. The smallest absolute Gasteiger partial charge is 0.274 e. The summed E-state index contributed by atoms with van der Waals surface area (Å²) in [6, 6.07) is 3.68. The Bertz CT molecular complexity index is 719. The molecule has 114 valence electrons. The molecule has 0 radical (unpaired) electrons. The van der Waals surface area contributed by atoms with Gasteiger partial charge in [-0.05, 0) is 51.2 Å². The second-order valence-electron chi connectivity index (χ2n) is 6.35. The first-order valence-corrected chi connectivity index (χ1v) is 7.84. The van der Waals surface area contributed by atoms with Crippen molar-refractivity contribution in [2.24, 2.45) is 0 Å². The molecule has 1 N–H and O–H groups in total. The highest BCUT2D eigenvalue weighted by atomic mass is 16.2. The summed E-state index contributed by atoms with van der Waals surface area (Å²) in [6.45, 7) is 2.77. The molecule has 0 aromatic carbocycles. The maximum Gasteiger partial charge on any atom is 0.274 e. The summed E-state index contributed by atoms with van der Waals surface area (Å²) in [5.74, 6) is 0.0467. The summed E-state index contributed by atoms with van der Waals surface area (Å²) in [7, 11) is 0. The quantitative estimate of drug-likeness (QED) is 0.923. The standard InChI is InChI=1S/C16H19N5O/c1-11-8-12(18-10-17-11)13-9-14(20-19-13)15(22)21-7-3-2-4-16(21)5-6-16/h8-10H,2-7H2,1H3,(H,19,20). The van der Waals surface area contributed by atoms with E-state index in [0.717, 1.165) is 49.3 Å². The van der Waals surface area contributed by atoms with E-state index in [4.69, 9.17) is 0 Å². The first kappa shape index (κ1) is 13.4. The third-order valence-electron chi connectivity index (χ3n) is 4.80. The van der Waals surface area contributed by atoms with Gasteiger partial charge in [0.05, 0.1) is 11.4 Å². The molecule has 0 bridgehead atoms. The van der Waals surface area contributed by atoms with Gasteiger partial charge in [0.15, 0.2) is 5.69 Å². The highest BCUT2D eigenvalue weighted by Crippen LogP contribution is 2.48. The number of nitrogens with zero attached hydrogens (tertiary/aromatic N) is 4. The molecule has 1 aliphatic heterocycles. The highest BCUT2D eigenvalue weighted by molar-refractivity contribution is 5.94. The number of hydrogen-bond donors (Lipinski definition) is 1. The Morgan fingerprint density at radius 1 is 1.23 bits per heavy atom. The Balaban J connectivity index is 1.60. The lowest BCUT2D eigenvalue weighted by molar-refractivity contribution is 0.0567. The predicted octanol–water partition coefficient (Wildman–Crippen LogP) is 2.33. The van der Waals surface area contributed by atoms with E-state index < -0.39 is 0 Å². The monoisotopic (exact) mass is 297 g/mol. The number of aromatic amines is 1. The molecule has 4 rings (SSSR count). The van der Waals surface area contributed by atoms with Crippen LogP contribution >= 0.6 is 0 Å². The largest absolute Gasteiger partial charge is 0.332 e. The van der Waals surface area contributed by atoms with E-state index in [1.165, 1.54) is 12.7 Å². The van der Waals surface area contributed by atoms with Crippen LogP contribution in [0.2, 0.25) is 0 Å². The van der Waals surface area contributed by atoms with Crippen LogP contribution in [0.15, 0.2) is 18.5 Å². The van der Waals surface area contributed by atoms with Crippen molar-refractivity contribution >= 4 is 5.91 Å². The number of likely N-dealkylation sites (tertiary alicyclic amines) is 1. The van der Waals surface area contributed by atoms with Crippen molar-refractivity contribution in [1.82, 2.24) is 25.1 Å². The molecule has 2 aromatic heterocycles. The number of rotatable bonds is 2. The molecule has 6 heteroatoms. The van der Waals surface area contributed by atoms with Crippen molar-refractivity contribution in [3.8, 4) is 11.4 Å². The van der Waals surface area contributed by atoms with Crippen LogP contribution in [-0.2, 0) is 0 Å². The SMILES string of the molecule is Cc1cc(-c2cc(C(=O)N3CCCCC34CC4)n[nH]2)ncn1. The van der Waals surface area contributed by atoms with Gasteiger partial charge < -0.3 is 4.90 Å². The van der Waals surface area contributed by atoms with Crippen LogP contribution in [0.3, 0.4) is 0 Å². The van der Waals surface area contributed by atoms with E-state index in [1.54, 1.807) is 6.07 Å². The molecular weight excluding hydrogens is 278 g/mol. The van der Waals surface area contributed by atoms with Gasteiger partial charge in [-0.25, -0.2) is 9.97 Å². The molecule has 1 aliphatic carbocycles. The maximum absolute atomic E-state index is 12.8. The van der Waals surface area contributed by atoms with Crippen LogP contribution in [-0.4, -0.2) is 43.1 Å². The van der Waals surface area contributed by atoms with E-state index in [0.29, 0.717) is 5.69 Å². The van der Waals surface area contributed by atoms with Crippen LogP contribution in [0, 0.1) is 6.92 Å². The number of piperidine rings is 1. The van der Waals surface area contributed by atoms with Crippen molar-refractivity contribution in [2.75, 3.05) is 6.54 Å². The fourth-order valence-electron chi connectivity index (χ4n) is 3.38. The molecule has 2 aromatic rings. The maximum atomic E-state index is 12.8. The fourth-order valence-corrected chi connectivity index (χ4v) is 3.38. The van der Waals surface area contributed by atoms with Crippen molar-refractivity contribution in [2.45, 2.75) is 44.6 Å². The van der Waals surface area contributed by atoms with Crippen LogP contribution in [0.1, 0.15) is 48.3 Å². The molecular formula is C16H19N5O. The minimum Gasteiger partial charge on any atom is -0.332 e. The molecule has 22 heavy (non-hydrogen) atoms. The molecule has 6 nitrogen and oxygen atoms in total. The van der Waals surface area contributed by atoms with Crippen LogP contribution in [0.5, 0.6) is 0 Å². The van der Waals surface area contributed by atoms with E-state index >= 15 is 0 Å². The van der Waals surface area contributed by atoms with E-state index in [9.17, 15) is 4.79 Å². The molecule has 1 saturated heterocycles. The third-order valence-corrected chi connectivity index (χ3v) is 4.80. The zero-order valence-corrected chi connectivity index (χ0v) is 12.7. The number of H-pyrrole nitrogens is 1. The van der Waals surface area contributed by atoms with Gasteiger partial charge in [0.1, 0.15) is 6.33 Å². The Hall–Kier alpha value is -2.24. The second-order valence-corrected chi connectivity index (χ2v) is 6.35. The zero-order chi connectivity index (χ0) is 15.2. The molecule has 1 spiro atoms. The van der Waals surface area contributed by atoms with Gasteiger partial charge >= 0.3 is 0 Å². The Morgan fingerprint density at radius 2 is 2.09 bits per heavy atom. The van der Waals surface area contributed by atoms with Gasteiger partial charge in [0, 0.05) is 17.8 Å². The average Bonchev–Trinajstić information content (AvgIpc) is 3.12. The molecule has 0 unspecified atom stereocenters. The van der Waals surface area contributed by atoms with Crippen molar-refractivity contribution < 1.29 is 4.79 Å². The Kier molecular flexibility index (Phi) is 2.99. The van der Waals surface area contributed by atoms with Gasteiger partial charge in [0.2, 0.25) is 0 Å². The van der Waals surface area contributed by atoms with Gasteiger partial charge in [-0.15, -0.1) is 0 Å². The highest BCUT2D eigenvalue weighted by Gasteiger charge is 2.51. The number of nitrogens with one attached hydrogen (secondary N) is 1. The minimum absolute atomic E-state index is 0.0467. The van der Waals surface area contributed by atoms with E-state index in [-0.39, 0.29) is 11.4 Å². The Labute approximate surface area is 129 Å². The number of hydrogen-bond acceptors (Lipinski definition) is 4. The van der Waals surface area contributed by atoms with Gasteiger partial charge in [0.25, 0.3) is 5.91 Å². The summed E-state index contributed by atoms with van der Waals surface area (Å²) >= 11 is 0. The summed E-state index contributed by atoms with van der Waals surface area (Å²) in [5.41, 5.74) is 3.04. The van der Waals surface area contributed by atoms with Gasteiger partial charge in [-0.2, -0.15) is 5.10 Å². The molecule has 2 aliphatic rings. The van der Waals surface area contributed by atoms with Crippen molar-refractivity contribution in [1.29, 1.82) is 0 Å². The predicted molar refractivity (Wildman–Crippen MR) is 81.2 cm³/mol. The normalized spacial score (nSPS) is 19.4. The lowest BCUT2D eigenvalue weighted by atomic mass is 9.99. The van der Waals surface area contributed by atoms with Crippen molar-refractivity contribution in [3.05, 3.63) is 29.8 Å². The minimum atomic E-state index is 0.0467. The summed E-state index contributed by atoms with van der Waals surface area (Å²) in [4.78, 5) is 23.1. The third kappa shape index (κ3) is 2.19. The van der Waals surface area contributed by atoms with E-state index in [1.807, 2.05) is 17.9 Å². The van der Waals surface area contributed by atoms with E-state index in [2.05, 4.69) is 20.2 Å². The average molecular weight is 297 g/mol. The lowest BCUT2D eigenvalue weighted by Gasteiger charge is -2.35. The van der Waals surface area contributed by atoms with Gasteiger partial charge in [-0.3, -0.25) is 9.89 Å². The molecule has 3 heterocycles. The van der Waals surface area contributed by atoms with Crippen LogP contribution in [0.4, 0.5) is 0 Å². The lowest BCUT2D eigenvalue weighted by Crippen LogP contribution is -2.45. The molecule has 0 atom stereocenters. The number of carbonyl (C=O) groups is 1. The zero-order valence-electron chi connectivity index (χ0n) is 12.7. The topological polar surface area (TPSA) is 74.8 Å². The number of carbonyl (C=O) groups excluding carboxylic acids is 1. The summed E-state index contributed by atoms with van der Waals surface area (Å²) in [6.07, 6.45) is 7.27. The Morgan fingerprint density at radius 3 is 2.86 bits per heavy atom. The first-order chi connectivity index (χ1) is 10.7. The molecule has 2 fully saturated rings. The molecule has 1 amide bonds. The van der Waals surface area contributed by atoms with Crippen LogP contribution in [0.25, 0.3) is 11.4 Å². The van der Waals surface area contributed by atoms with Gasteiger partial charge in [-0.1, -0.05) is 0 Å². The number of aromatic nitrogens is 4. The van der Waals surface area contributed by atoms with Crippen LogP contribution < -0.4 is 0 Å². The number of aryl methyl sites for hydroxylation is 1. The van der Waals surface area contributed by atoms with Crippen molar-refractivity contribution in [3.63, 3.8) is 0 Å². The summed E-state index contributed by atoms with van der Waals surface area (Å²) < 4.78 is 0. The molecule has 1 saturated carbocycles. The number of amides is 1. The first-order valence-electron chi connectivity index (χ1n) is 7.84.